The number of nitrogens with zero attached hydrogens (tertiary/aromatic N) is 3. The number of anilines is 1. The second-order valence-corrected chi connectivity index (χ2v) is 6.75. The van der Waals surface area contributed by atoms with Gasteiger partial charge in [0.15, 0.2) is 0 Å². The first-order chi connectivity index (χ1) is 12.2. The molecule has 1 atom stereocenters. The number of amides is 1. The van der Waals surface area contributed by atoms with Gasteiger partial charge in [0.1, 0.15) is 6.54 Å². The van der Waals surface area contributed by atoms with E-state index in [0.29, 0.717) is 31.9 Å². The molecule has 1 unspecified atom stereocenters. The van der Waals surface area contributed by atoms with Crippen LogP contribution in [0.25, 0.3) is 10.9 Å². The van der Waals surface area contributed by atoms with Crippen molar-refractivity contribution < 1.29 is 18.0 Å². The molecule has 2 heterocycles. The van der Waals surface area contributed by atoms with Gasteiger partial charge in [-0.2, -0.15) is 13.2 Å². The lowest BCUT2D eigenvalue weighted by atomic mass is 9.97. The van der Waals surface area contributed by atoms with E-state index in [9.17, 15) is 18.0 Å². The molecule has 1 aromatic carbocycles. The van der Waals surface area contributed by atoms with Gasteiger partial charge in [0, 0.05) is 18.5 Å². The van der Waals surface area contributed by atoms with Crippen LogP contribution in [0.4, 0.5) is 19.1 Å². The van der Waals surface area contributed by atoms with Crippen LogP contribution < -0.4 is 10.2 Å². The van der Waals surface area contributed by atoms with E-state index < -0.39 is 24.5 Å². The second kappa shape index (κ2) is 7.09. The molecular weight excluding hydrogens is 345 g/mol. The number of aryl methyl sites for hydroxylation is 2. The van der Waals surface area contributed by atoms with Gasteiger partial charge in [-0.05, 0) is 38.3 Å². The first-order valence-electron chi connectivity index (χ1n) is 8.57. The molecule has 0 bridgehead atoms. The highest BCUT2D eigenvalue weighted by Crippen LogP contribution is 2.25. The smallest absolute Gasteiger partial charge is 0.347 e. The number of halogens is 3. The zero-order chi connectivity index (χ0) is 18.9. The highest BCUT2D eigenvalue weighted by Gasteiger charge is 2.32. The number of carbonyl (C=O) groups excluding carboxylic acids is 1. The lowest BCUT2D eigenvalue weighted by Crippen LogP contribution is -2.45. The maximum absolute atomic E-state index is 12.3. The first-order valence-corrected chi connectivity index (χ1v) is 8.57. The molecule has 5 nitrogen and oxygen atoms in total. The zero-order valence-corrected chi connectivity index (χ0v) is 14.7. The predicted octanol–water partition coefficient (Wildman–Crippen LogP) is 3.14. The van der Waals surface area contributed by atoms with Gasteiger partial charge in [-0.1, -0.05) is 12.1 Å². The number of hydrogen-bond donors (Lipinski definition) is 1. The molecule has 1 N–H and O–H groups in total. The molecule has 1 fully saturated rings. The minimum atomic E-state index is -4.40. The number of piperidine rings is 1. The molecule has 0 spiro atoms. The Bertz CT molecular complexity index is 822. The largest absolute Gasteiger partial charge is 0.405 e. The minimum Gasteiger partial charge on any atom is -0.347 e. The van der Waals surface area contributed by atoms with Gasteiger partial charge < -0.3 is 10.2 Å². The maximum atomic E-state index is 12.3. The topological polar surface area (TPSA) is 58.1 Å². The van der Waals surface area contributed by atoms with Crippen LogP contribution in [0.1, 0.15) is 24.1 Å². The van der Waals surface area contributed by atoms with Gasteiger partial charge in [0.25, 0.3) is 0 Å². The van der Waals surface area contributed by atoms with Crippen LogP contribution in [-0.4, -0.2) is 41.7 Å². The van der Waals surface area contributed by atoms with Crippen LogP contribution in [0.15, 0.2) is 18.2 Å². The SMILES string of the molecule is Cc1ccc2c(C)nc(N3CCCC(C(=O)NCC(F)(F)F)C3)nc2c1. The fourth-order valence-electron chi connectivity index (χ4n) is 3.23. The lowest BCUT2D eigenvalue weighted by Gasteiger charge is -2.32. The Balaban J connectivity index is 1.77. The van der Waals surface area contributed by atoms with E-state index in [0.717, 1.165) is 22.2 Å². The Morgan fingerprint density at radius 2 is 2.08 bits per heavy atom. The maximum Gasteiger partial charge on any atom is 0.405 e. The summed E-state index contributed by atoms with van der Waals surface area (Å²) in [5.41, 5.74) is 2.76. The van der Waals surface area contributed by atoms with Gasteiger partial charge in [-0.3, -0.25) is 4.79 Å². The highest BCUT2D eigenvalue weighted by molar-refractivity contribution is 5.83. The number of fused-ring (bicyclic) bond motifs is 1. The summed E-state index contributed by atoms with van der Waals surface area (Å²) < 4.78 is 36.9. The van der Waals surface area contributed by atoms with Crippen molar-refractivity contribution in [2.24, 2.45) is 5.92 Å². The van der Waals surface area contributed by atoms with Crippen molar-refractivity contribution in [1.29, 1.82) is 0 Å². The molecule has 1 aromatic heterocycles. The molecule has 1 saturated heterocycles. The van der Waals surface area contributed by atoms with Crippen molar-refractivity contribution in [3.8, 4) is 0 Å². The summed E-state index contributed by atoms with van der Waals surface area (Å²) in [6.45, 7) is 3.59. The Hall–Kier alpha value is -2.38. The molecule has 1 aliphatic rings. The third kappa shape index (κ3) is 4.23. The Labute approximate surface area is 149 Å². The van der Waals surface area contributed by atoms with E-state index >= 15 is 0 Å². The highest BCUT2D eigenvalue weighted by atomic mass is 19.4. The van der Waals surface area contributed by atoms with E-state index in [2.05, 4.69) is 9.97 Å². The van der Waals surface area contributed by atoms with Gasteiger partial charge in [-0.15, -0.1) is 0 Å². The molecule has 0 radical (unpaired) electrons. The molecular formula is C18H21F3N4O. The standard InChI is InChI=1S/C18H21F3N4O/c1-11-5-6-14-12(2)23-17(24-15(14)8-11)25-7-3-4-13(9-25)16(26)22-10-18(19,20)21/h5-6,8,13H,3-4,7,9-10H2,1-2H3,(H,22,26). The molecule has 140 valence electrons. The average molecular weight is 366 g/mol. The van der Waals surface area contributed by atoms with E-state index in [1.807, 2.05) is 42.3 Å². The summed E-state index contributed by atoms with van der Waals surface area (Å²) in [6.07, 6.45) is -3.13. The number of alkyl halides is 3. The van der Waals surface area contributed by atoms with Crippen molar-refractivity contribution in [2.75, 3.05) is 24.5 Å². The van der Waals surface area contributed by atoms with Crippen molar-refractivity contribution >= 4 is 22.8 Å². The molecule has 0 aliphatic carbocycles. The van der Waals surface area contributed by atoms with Crippen LogP contribution in [-0.2, 0) is 4.79 Å². The van der Waals surface area contributed by atoms with Crippen molar-refractivity contribution in [1.82, 2.24) is 15.3 Å². The van der Waals surface area contributed by atoms with Crippen molar-refractivity contribution in [3.05, 3.63) is 29.5 Å². The van der Waals surface area contributed by atoms with Crippen LogP contribution in [0.5, 0.6) is 0 Å². The predicted molar refractivity (Wildman–Crippen MR) is 93.0 cm³/mol. The van der Waals surface area contributed by atoms with Crippen LogP contribution in [0, 0.1) is 19.8 Å². The van der Waals surface area contributed by atoms with Crippen molar-refractivity contribution in [2.45, 2.75) is 32.9 Å². The van der Waals surface area contributed by atoms with Gasteiger partial charge >= 0.3 is 6.18 Å². The summed E-state index contributed by atoms with van der Waals surface area (Å²) >= 11 is 0. The van der Waals surface area contributed by atoms with Crippen LogP contribution >= 0.6 is 0 Å². The molecule has 26 heavy (non-hydrogen) atoms. The number of aromatic nitrogens is 2. The fourth-order valence-corrected chi connectivity index (χ4v) is 3.23. The summed E-state index contributed by atoms with van der Waals surface area (Å²) in [6, 6.07) is 5.96. The number of nitrogens with one attached hydrogen (secondary N) is 1. The average Bonchev–Trinajstić information content (AvgIpc) is 2.58. The third-order valence-electron chi connectivity index (χ3n) is 4.57. The van der Waals surface area contributed by atoms with Crippen molar-refractivity contribution in [3.63, 3.8) is 0 Å². The Morgan fingerprint density at radius 3 is 2.81 bits per heavy atom. The molecule has 0 saturated carbocycles. The van der Waals surface area contributed by atoms with Gasteiger partial charge in [0.05, 0.1) is 17.1 Å². The fraction of sp³-hybridized carbons (Fsp3) is 0.500. The summed E-state index contributed by atoms with van der Waals surface area (Å²) in [5, 5.41) is 2.95. The van der Waals surface area contributed by atoms with E-state index in [1.165, 1.54) is 0 Å². The molecule has 1 aliphatic heterocycles. The van der Waals surface area contributed by atoms with E-state index in [4.69, 9.17) is 0 Å². The zero-order valence-electron chi connectivity index (χ0n) is 14.7. The normalized spacial score (nSPS) is 18.2. The summed E-state index contributed by atoms with van der Waals surface area (Å²) in [5.74, 6) is -0.544. The monoisotopic (exact) mass is 366 g/mol. The third-order valence-corrected chi connectivity index (χ3v) is 4.57. The van der Waals surface area contributed by atoms with E-state index in [1.54, 1.807) is 0 Å². The van der Waals surface area contributed by atoms with Gasteiger partial charge in [-0.25, -0.2) is 9.97 Å². The summed E-state index contributed by atoms with van der Waals surface area (Å²) in [7, 11) is 0. The Morgan fingerprint density at radius 1 is 1.31 bits per heavy atom. The Kier molecular flexibility index (Phi) is 5.02. The van der Waals surface area contributed by atoms with E-state index in [-0.39, 0.29) is 0 Å². The van der Waals surface area contributed by atoms with Gasteiger partial charge in [0.2, 0.25) is 11.9 Å². The molecule has 1 amide bonds. The number of hydrogen-bond acceptors (Lipinski definition) is 4. The lowest BCUT2D eigenvalue weighted by molar-refractivity contribution is -0.140. The number of carbonyl (C=O) groups is 1. The van der Waals surface area contributed by atoms with Crippen LogP contribution in [0.3, 0.4) is 0 Å². The first kappa shape index (κ1) is 18.4. The minimum absolute atomic E-state index is 0.320. The number of rotatable bonds is 3. The quantitative estimate of drug-likeness (QED) is 0.907. The molecule has 2 aromatic rings. The van der Waals surface area contributed by atoms with Crippen LogP contribution in [0.2, 0.25) is 0 Å². The molecule has 3 rings (SSSR count). The molecule has 8 heteroatoms. The second-order valence-electron chi connectivity index (χ2n) is 6.75. The summed E-state index contributed by atoms with van der Waals surface area (Å²) in [4.78, 5) is 23.1. The number of benzene rings is 1.